The van der Waals surface area contributed by atoms with Gasteiger partial charge in [0, 0.05) is 5.75 Å². The van der Waals surface area contributed by atoms with Crippen molar-refractivity contribution in [2.24, 2.45) is 5.10 Å². The smallest absolute Gasteiger partial charge is 0.282 e. The van der Waals surface area contributed by atoms with Crippen LogP contribution >= 0.6 is 11.8 Å². The molecule has 1 atom stereocenters. The quantitative estimate of drug-likeness (QED) is 0.577. The van der Waals surface area contributed by atoms with Gasteiger partial charge in [0.05, 0.1) is 11.7 Å². The number of nitrogens with one attached hydrogen (secondary N) is 3. The predicted octanol–water partition coefficient (Wildman–Crippen LogP) is 1.84. The Morgan fingerprint density at radius 1 is 1.36 bits per heavy atom. The second-order valence-electron chi connectivity index (χ2n) is 4.25. The normalized spacial score (nSPS) is 17.2. The maximum absolute atomic E-state index is 11.0. The van der Waals surface area contributed by atoms with Crippen LogP contribution in [0.5, 0.6) is 0 Å². The van der Waals surface area contributed by atoms with Gasteiger partial charge in [0.2, 0.25) is 5.71 Å². The van der Waals surface area contributed by atoms with E-state index in [9.17, 15) is 4.79 Å². The van der Waals surface area contributed by atoms with Crippen molar-refractivity contribution < 1.29 is 4.79 Å². The van der Waals surface area contributed by atoms with Crippen molar-refractivity contribution in [3.05, 3.63) is 35.9 Å². The third-order valence-corrected chi connectivity index (χ3v) is 3.58. The van der Waals surface area contributed by atoms with E-state index in [1.165, 1.54) is 11.8 Å². The summed E-state index contributed by atoms with van der Waals surface area (Å²) in [5.41, 5.74) is 9.53. The van der Waals surface area contributed by atoms with Crippen LogP contribution in [0.3, 0.4) is 0 Å². The lowest BCUT2D eigenvalue weighted by Crippen LogP contribution is -2.47. The summed E-state index contributed by atoms with van der Waals surface area (Å²) in [6.45, 7) is 0. The Bertz CT molecular complexity index is 657. The summed E-state index contributed by atoms with van der Waals surface area (Å²) < 4.78 is 0. The van der Waals surface area contributed by atoms with E-state index in [0.29, 0.717) is 11.4 Å². The maximum Gasteiger partial charge on any atom is 0.293 e. The van der Waals surface area contributed by atoms with Gasteiger partial charge in [0.1, 0.15) is 12.1 Å². The summed E-state index contributed by atoms with van der Waals surface area (Å²) in [6.07, 6.45) is 3.91. The molecule has 0 aromatic heterocycles. The molecule has 22 heavy (non-hydrogen) atoms. The predicted molar refractivity (Wildman–Crippen MR) is 85.7 cm³/mol. The number of nitriles is 2. The van der Waals surface area contributed by atoms with Crippen molar-refractivity contribution in [2.45, 2.75) is 6.04 Å². The molecule has 0 bridgehead atoms. The number of rotatable bonds is 4. The van der Waals surface area contributed by atoms with E-state index in [-0.39, 0.29) is 17.0 Å². The first kappa shape index (κ1) is 15.6. The highest BCUT2D eigenvalue weighted by Crippen LogP contribution is 2.13. The molecule has 1 aliphatic rings. The monoisotopic (exact) mass is 312 g/mol. The SMILES string of the molecule is N#CC(C#N)=NNc1ccc(C=CC2CSC(=O)NN2)cc1. The van der Waals surface area contributed by atoms with Gasteiger partial charge in [-0.15, -0.1) is 0 Å². The van der Waals surface area contributed by atoms with E-state index in [1.54, 1.807) is 24.3 Å². The minimum absolute atomic E-state index is 0.0743. The average Bonchev–Trinajstić information content (AvgIpc) is 2.56. The van der Waals surface area contributed by atoms with Gasteiger partial charge >= 0.3 is 0 Å². The summed E-state index contributed by atoms with van der Waals surface area (Å²) in [5.74, 6) is 0.682. The van der Waals surface area contributed by atoms with E-state index in [2.05, 4.69) is 21.4 Å². The van der Waals surface area contributed by atoms with Crippen LogP contribution in [0.15, 0.2) is 35.4 Å². The Morgan fingerprint density at radius 3 is 2.68 bits per heavy atom. The fourth-order valence-corrected chi connectivity index (χ4v) is 2.25. The first-order valence-corrected chi connectivity index (χ1v) is 7.30. The van der Waals surface area contributed by atoms with Crippen LogP contribution < -0.4 is 16.3 Å². The minimum Gasteiger partial charge on any atom is -0.282 e. The van der Waals surface area contributed by atoms with Gasteiger partial charge in [-0.05, 0) is 17.7 Å². The molecule has 0 radical (unpaired) electrons. The largest absolute Gasteiger partial charge is 0.293 e. The second kappa shape index (κ2) is 7.84. The summed E-state index contributed by atoms with van der Waals surface area (Å²) >= 11 is 1.24. The maximum atomic E-state index is 11.0. The lowest BCUT2D eigenvalue weighted by Gasteiger charge is -2.20. The summed E-state index contributed by atoms with van der Waals surface area (Å²) in [7, 11) is 0. The zero-order valence-electron chi connectivity index (χ0n) is 11.4. The van der Waals surface area contributed by atoms with E-state index >= 15 is 0 Å². The van der Waals surface area contributed by atoms with Crippen molar-refractivity contribution in [1.29, 1.82) is 10.5 Å². The number of carbonyl (C=O) groups is 1. The molecule has 1 aromatic carbocycles. The van der Waals surface area contributed by atoms with Gasteiger partial charge in [-0.3, -0.25) is 15.6 Å². The molecule has 8 heteroatoms. The van der Waals surface area contributed by atoms with Crippen molar-refractivity contribution in [3.63, 3.8) is 0 Å². The third kappa shape index (κ3) is 4.63. The number of anilines is 1. The number of hydrogen-bond acceptors (Lipinski definition) is 7. The number of amides is 1. The van der Waals surface area contributed by atoms with Crippen LogP contribution in [0, 0.1) is 22.7 Å². The first-order valence-electron chi connectivity index (χ1n) is 6.31. The third-order valence-electron chi connectivity index (χ3n) is 2.69. The minimum atomic E-state index is -0.230. The van der Waals surface area contributed by atoms with Crippen molar-refractivity contribution in [3.8, 4) is 12.1 Å². The molecule has 1 amide bonds. The lowest BCUT2D eigenvalue weighted by molar-refractivity contribution is 0.254. The molecule has 0 aliphatic carbocycles. The number of benzene rings is 1. The number of nitrogens with zero attached hydrogens (tertiary/aromatic N) is 3. The Hall–Kier alpha value is -2.81. The van der Waals surface area contributed by atoms with E-state index in [1.807, 2.05) is 24.3 Å². The first-order chi connectivity index (χ1) is 10.7. The Balaban J connectivity index is 1.92. The molecule has 2 rings (SSSR count). The van der Waals surface area contributed by atoms with Crippen LogP contribution in [0.4, 0.5) is 10.5 Å². The van der Waals surface area contributed by atoms with Gasteiger partial charge in [-0.2, -0.15) is 15.6 Å². The van der Waals surface area contributed by atoms with Crippen LogP contribution in [0.2, 0.25) is 0 Å². The number of hydrazone groups is 1. The average molecular weight is 312 g/mol. The van der Waals surface area contributed by atoms with Crippen molar-refractivity contribution in [1.82, 2.24) is 10.9 Å². The van der Waals surface area contributed by atoms with Crippen LogP contribution in [-0.4, -0.2) is 22.7 Å². The molecule has 1 heterocycles. The van der Waals surface area contributed by atoms with Gasteiger partial charge < -0.3 is 0 Å². The molecule has 1 fully saturated rings. The number of carbonyl (C=O) groups excluding carboxylic acids is 1. The molecule has 3 N–H and O–H groups in total. The van der Waals surface area contributed by atoms with Crippen LogP contribution in [0.1, 0.15) is 5.56 Å². The molecule has 1 saturated heterocycles. The van der Waals surface area contributed by atoms with Gasteiger partial charge in [-0.25, -0.2) is 5.43 Å². The molecule has 7 nitrogen and oxygen atoms in total. The van der Waals surface area contributed by atoms with E-state index in [0.717, 1.165) is 5.56 Å². The number of hydrogen-bond donors (Lipinski definition) is 3. The van der Waals surface area contributed by atoms with E-state index < -0.39 is 0 Å². The zero-order chi connectivity index (χ0) is 15.8. The summed E-state index contributed by atoms with van der Waals surface area (Å²) in [4.78, 5) is 11.0. The molecule has 0 spiro atoms. The Labute approximate surface area is 131 Å². The number of hydrazine groups is 1. The molecular formula is C14H12N6OS. The fraction of sp³-hybridized carbons (Fsp3) is 0.143. The summed E-state index contributed by atoms with van der Waals surface area (Å²) in [6, 6.07) is 10.8. The molecule has 110 valence electrons. The fourth-order valence-electron chi connectivity index (χ4n) is 1.59. The second-order valence-corrected chi connectivity index (χ2v) is 5.24. The van der Waals surface area contributed by atoms with Crippen molar-refractivity contribution >= 4 is 34.5 Å². The standard InChI is InChI=1S/C14H12N6OS/c15-7-13(8-16)19-17-11-4-1-10(2-5-11)3-6-12-9-22-14(21)20-18-12/h1-6,12,17-18H,9H2,(H,20,21). The highest BCUT2D eigenvalue weighted by atomic mass is 32.2. The number of thioether (sulfide) groups is 1. The Kier molecular flexibility index (Phi) is 5.55. The van der Waals surface area contributed by atoms with Crippen LogP contribution in [-0.2, 0) is 0 Å². The zero-order valence-corrected chi connectivity index (χ0v) is 12.2. The van der Waals surface area contributed by atoms with Crippen LogP contribution in [0.25, 0.3) is 6.08 Å². The molecule has 1 aliphatic heterocycles. The summed E-state index contributed by atoms with van der Waals surface area (Å²) in [5, 5.41) is 20.7. The highest BCUT2D eigenvalue weighted by Gasteiger charge is 2.14. The van der Waals surface area contributed by atoms with Gasteiger partial charge in [0.25, 0.3) is 5.24 Å². The topological polar surface area (TPSA) is 113 Å². The van der Waals surface area contributed by atoms with Gasteiger partial charge in [-0.1, -0.05) is 36.0 Å². The van der Waals surface area contributed by atoms with Crippen molar-refractivity contribution in [2.75, 3.05) is 11.2 Å². The molecule has 1 unspecified atom stereocenters. The molecule has 0 saturated carbocycles. The molecule has 1 aromatic rings. The Morgan fingerprint density at radius 2 is 2.09 bits per heavy atom. The highest BCUT2D eigenvalue weighted by molar-refractivity contribution is 8.13. The molecular weight excluding hydrogens is 300 g/mol. The van der Waals surface area contributed by atoms with E-state index in [4.69, 9.17) is 10.5 Å². The lowest BCUT2D eigenvalue weighted by atomic mass is 10.1. The van der Waals surface area contributed by atoms with Gasteiger partial charge in [0.15, 0.2) is 0 Å².